The number of ether oxygens (including phenoxy) is 1. The topological polar surface area (TPSA) is 49.8 Å². The van der Waals surface area contributed by atoms with Crippen molar-refractivity contribution in [2.75, 3.05) is 13.1 Å². The number of para-hydroxylation sites is 1. The van der Waals surface area contributed by atoms with Crippen LogP contribution in [0, 0.1) is 5.92 Å². The van der Waals surface area contributed by atoms with Gasteiger partial charge in [0.2, 0.25) is 0 Å². The molecule has 4 nitrogen and oxygen atoms in total. The third-order valence-electron chi connectivity index (χ3n) is 4.58. The van der Waals surface area contributed by atoms with Gasteiger partial charge in [0, 0.05) is 13.1 Å². The molecule has 2 aromatic rings. The van der Waals surface area contributed by atoms with Crippen LogP contribution in [0.15, 0.2) is 54.6 Å². The molecule has 0 saturated carbocycles. The summed E-state index contributed by atoms with van der Waals surface area (Å²) >= 11 is 0. The lowest BCUT2D eigenvalue weighted by Gasteiger charge is -2.31. The number of nitrogens with zero attached hydrogens (tertiary/aromatic N) is 1. The molecule has 0 radical (unpaired) electrons. The zero-order valence-electron chi connectivity index (χ0n) is 13.7. The van der Waals surface area contributed by atoms with Crippen molar-refractivity contribution < 1.29 is 14.6 Å². The van der Waals surface area contributed by atoms with Crippen molar-refractivity contribution in [2.24, 2.45) is 5.92 Å². The molecule has 24 heavy (non-hydrogen) atoms. The zero-order valence-corrected chi connectivity index (χ0v) is 13.7. The van der Waals surface area contributed by atoms with E-state index >= 15 is 0 Å². The third-order valence-corrected chi connectivity index (χ3v) is 4.58. The average molecular weight is 325 g/mol. The number of carbonyl (C=O) groups excluding carboxylic acids is 1. The molecule has 0 aliphatic carbocycles. The number of amides is 1. The number of rotatable bonds is 4. The van der Waals surface area contributed by atoms with Gasteiger partial charge in [0.15, 0.2) is 0 Å². The summed E-state index contributed by atoms with van der Waals surface area (Å²) in [4.78, 5) is 13.9. The molecule has 2 aromatic carbocycles. The second kappa shape index (κ2) is 7.86. The van der Waals surface area contributed by atoms with Crippen LogP contribution in [0.25, 0.3) is 0 Å². The lowest BCUT2D eigenvalue weighted by atomic mass is 9.90. The quantitative estimate of drug-likeness (QED) is 0.925. The van der Waals surface area contributed by atoms with Crippen molar-refractivity contribution in [3.05, 3.63) is 65.7 Å². The number of aromatic hydroxyl groups is 1. The molecule has 0 spiro atoms. The van der Waals surface area contributed by atoms with Gasteiger partial charge in [0.25, 0.3) is 0 Å². The zero-order chi connectivity index (χ0) is 16.8. The van der Waals surface area contributed by atoms with Gasteiger partial charge in [-0.2, -0.15) is 0 Å². The first-order valence-electron chi connectivity index (χ1n) is 8.45. The van der Waals surface area contributed by atoms with Crippen molar-refractivity contribution in [1.82, 2.24) is 4.90 Å². The molecule has 1 N–H and O–H groups in total. The van der Waals surface area contributed by atoms with Crippen LogP contribution in [0.4, 0.5) is 4.79 Å². The molecule has 1 fully saturated rings. The predicted molar refractivity (Wildman–Crippen MR) is 92.7 cm³/mol. The summed E-state index contributed by atoms with van der Waals surface area (Å²) in [6, 6.07) is 17.2. The summed E-state index contributed by atoms with van der Waals surface area (Å²) in [5.41, 5.74) is 1.99. The largest absolute Gasteiger partial charge is 0.508 e. The monoisotopic (exact) mass is 325 g/mol. The highest BCUT2D eigenvalue weighted by Gasteiger charge is 2.24. The minimum Gasteiger partial charge on any atom is -0.508 e. The molecular formula is C20H23NO3. The Labute approximate surface area is 142 Å². The standard InChI is InChI=1S/C20H23NO3/c22-19-9-5-4-8-18(19)14-16-10-12-21(13-11-16)20(23)24-15-17-6-2-1-3-7-17/h1-9,16,22H,10-15H2. The van der Waals surface area contributed by atoms with Crippen LogP contribution in [-0.2, 0) is 17.8 Å². The Balaban J connectivity index is 1.44. The fourth-order valence-corrected chi connectivity index (χ4v) is 3.12. The minimum atomic E-state index is -0.236. The van der Waals surface area contributed by atoms with Gasteiger partial charge in [-0.25, -0.2) is 4.79 Å². The van der Waals surface area contributed by atoms with Crippen LogP contribution < -0.4 is 0 Å². The molecule has 4 heteroatoms. The molecular weight excluding hydrogens is 302 g/mol. The Hall–Kier alpha value is -2.49. The lowest BCUT2D eigenvalue weighted by Crippen LogP contribution is -2.39. The summed E-state index contributed by atoms with van der Waals surface area (Å²) in [6.07, 6.45) is 2.50. The first-order chi connectivity index (χ1) is 11.7. The number of phenolic OH excluding ortho intramolecular Hbond substituents is 1. The van der Waals surface area contributed by atoms with Crippen LogP contribution in [0.3, 0.4) is 0 Å². The lowest BCUT2D eigenvalue weighted by molar-refractivity contribution is 0.0822. The van der Waals surface area contributed by atoms with E-state index in [2.05, 4.69) is 0 Å². The molecule has 1 amide bonds. The number of hydrogen-bond donors (Lipinski definition) is 1. The van der Waals surface area contributed by atoms with Gasteiger partial charge >= 0.3 is 6.09 Å². The number of phenols is 1. The van der Waals surface area contributed by atoms with E-state index in [1.807, 2.05) is 48.5 Å². The Morgan fingerprint density at radius 2 is 1.71 bits per heavy atom. The summed E-state index contributed by atoms with van der Waals surface area (Å²) in [6.45, 7) is 1.75. The predicted octanol–water partition coefficient (Wildman–Crippen LogP) is 3.98. The first-order valence-corrected chi connectivity index (χ1v) is 8.45. The molecule has 0 unspecified atom stereocenters. The number of benzene rings is 2. The van der Waals surface area contributed by atoms with Crippen LogP contribution in [0.1, 0.15) is 24.0 Å². The molecule has 1 heterocycles. The number of piperidine rings is 1. The van der Waals surface area contributed by atoms with Crippen molar-refractivity contribution in [3.8, 4) is 5.75 Å². The summed E-state index contributed by atoms with van der Waals surface area (Å²) in [5, 5.41) is 9.88. The Kier molecular flexibility index (Phi) is 5.36. The molecule has 1 aliphatic rings. The fraction of sp³-hybridized carbons (Fsp3) is 0.350. The summed E-state index contributed by atoms with van der Waals surface area (Å²) in [5.74, 6) is 0.860. The van der Waals surface area contributed by atoms with Gasteiger partial charge in [-0.15, -0.1) is 0 Å². The second-order valence-corrected chi connectivity index (χ2v) is 6.30. The number of carbonyl (C=O) groups is 1. The van der Waals surface area contributed by atoms with Crippen LogP contribution in [-0.4, -0.2) is 29.2 Å². The Bertz CT molecular complexity index is 664. The smallest absolute Gasteiger partial charge is 0.410 e. The summed E-state index contributed by atoms with van der Waals surface area (Å²) in [7, 11) is 0. The van der Waals surface area contributed by atoms with Crippen molar-refractivity contribution in [2.45, 2.75) is 25.9 Å². The van der Waals surface area contributed by atoms with Crippen molar-refractivity contribution in [3.63, 3.8) is 0 Å². The highest BCUT2D eigenvalue weighted by atomic mass is 16.6. The SMILES string of the molecule is O=C(OCc1ccccc1)N1CCC(Cc2ccccc2O)CC1. The van der Waals surface area contributed by atoms with Gasteiger partial charge in [-0.1, -0.05) is 48.5 Å². The normalized spacial score (nSPS) is 15.2. The maximum Gasteiger partial charge on any atom is 0.410 e. The van der Waals surface area contributed by atoms with Gasteiger partial charge in [0.05, 0.1) is 0 Å². The number of hydrogen-bond acceptors (Lipinski definition) is 3. The van der Waals surface area contributed by atoms with E-state index in [-0.39, 0.29) is 6.09 Å². The molecule has 1 saturated heterocycles. The van der Waals surface area contributed by atoms with Crippen molar-refractivity contribution in [1.29, 1.82) is 0 Å². The maximum absolute atomic E-state index is 12.2. The van der Waals surface area contributed by atoms with Gasteiger partial charge < -0.3 is 14.7 Å². The van der Waals surface area contributed by atoms with E-state index in [0.717, 1.165) is 30.4 Å². The summed E-state index contributed by atoms with van der Waals surface area (Å²) < 4.78 is 5.39. The molecule has 126 valence electrons. The number of likely N-dealkylation sites (tertiary alicyclic amines) is 1. The first kappa shape index (κ1) is 16.4. The van der Waals surface area contributed by atoms with E-state index in [1.54, 1.807) is 11.0 Å². The van der Waals surface area contributed by atoms with Crippen LogP contribution >= 0.6 is 0 Å². The van der Waals surface area contributed by atoms with E-state index in [0.29, 0.717) is 31.4 Å². The van der Waals surface area contributed by atoms with Gasteiger partial charge in [-0.05, 0) is 42.4 Å². The molecule has 0 atom stereocenters. The van der Waals surface area contributed by atoms with E-state index in [9.17, 15) is 9.90 Å². The molecule has 0 aromatic heterocycles. The highest BCUT2D eigenvalue weighted by Crippen LogP contribution is 2.26. The van der Waals surface area contributed by atoms with Gasteiger partial charge in [0.1, 0.15) is 12.4 Å². The van der Waals surface area contributed by atoms with Crippen LogP contribution in [0.5, 0.6) is 5.75 Å². The molecule has 1 aliphatic heterocycles. The molecule has 0 bridgehead atoms. The second-order valence-electron chi connectivity index (χ2n) is 6.30. The van der Waals surface area contributed by atoms with E-state index < -0.39 is 0 Å². The Morgan fingerprint density at radius 1 is 1.04 bits per heavy atom. The third kappa shape index (κ3) is 4.28. The minimum absolute atomic E-state index is 0.236. The van der Waals surface area contributed by atoms with E-state index in [1.165, 1.54) is 0 Å². The van der Waals surface area contributed by atoms with Gasteiger partial charge in [-0.3, -0.25) is 0 Å². The van der Waals surface area contributed by atoms with Crippen LogP contribution in [0.2, 0.25) is 0 Å². The van der Waals surface area contributed by atoms with Crippen molar-refractivity contribution >= 4 is 6.09 Å². The fourth-order valence-electron chi connectivity index (χ4n) is 3.12. The average Bonchev–Trinajstić information content (AvgIpc) is 2.63. The maximum atomic E-state index is 12.2. The Morgan fingerprint density at radius 3 is 2.42 bits per heavy atom. The van der Waals surface area contributed by atoms with E-state index in [4.69, 9.17) is 4.74 Å². The highest BCUT2D eigenvalue weighted by molar-refractivity contribution is 5.67. The molecule has 3 rings (SSSR count).